The van der Waals surface area contributed by atoms with E-state index in [1.807, 2.05) is 6.92 Å². The van der Waals surface area contributed by atoms with Crippen LogP contribution in [-0.4, -0.2) is 10.2 Å². The van der Waals surface area contributed by atoms with Gasteiger partial charge in [-0.15, -0.1) is 0 Å². The first kappa shape index (κ1) is 12.3. The number of hydrogen-bond acceptors (Lipinski definition) is 3. The number of rotatable bonds is 1. The molecule has 0 aliphatic rings. The monoisotopic (exact) mass is 220 g/mol. The van der Waals surface area contributed by atoms with Gasteiger partial charge in [-0.05, 0) is 31.9 Å². The largest absolute Gasteiger partial charge is 0.507 e. The summed E-state index contributed by atoms with van der Waals surface area (Å²) < 4.78 is 0. The standard InChI is InChI=1S/C13H16O3/c1-4-8-7-11(14)9(5-2)13(16)10(6-3)12(8)15/h5-7,14-15H,4H2,1-3H3/b9-5-,10-6+. The minimum absolute atomic E-state index is 0.0431. The fourth-order valence-corrected chi connectivity index (χ4v) is 1.67. The summed E-state index contributed by atoms with van der Waals surface area (Å²) in [7, 11) is 0. The normalized spacial score (nSPS) is 13.2. The van der Waals surface area contributed by atoms with Gasteiger partial charge >= 0.3 is 0 Å². The molecule has 3 nitrogen and oxygen atoms in total. The van der Waals surface area contributed by atoms with Crippen LogP contribution in [-0.2, 0) is 6.42 Å². The number of aryl methyl sites for hydroxylation is 1. The molecule has 3 heteroatoms. The maximum absolute atomic E-state index is 12.0. The van der Waals surface area contributed by atoms with Crippen LogP contribution in [0.1, 0.15) is 26.3 Å². The highest BCUT2D eigenvalue weighted by atomic mass is 16.3. The second-order valence-corrected chi connectivity index (χ2v) is 3.49. The molecule has 1 aromatic carbocycles. The van der Waals surface area contributed by atoms with Crippen LogP contribution < -0.4 is 15.9 Å². The predicted molar refractivity (Wildman–Crippen MR) is 64.9 cm³/mol. The molecule has 0 saturated heterocycles. The average Bonchev–Trinajstić information content (AvgIpc) is 2.34. The van der Waals surface area contributed by atoms with Crippen LogP contribution in [0.2, 0.25) is 0 Å². The third kappa shape index (κ3) is 1.94. The van der Waals surface area contributed by atoms with Crippen molar-refractivity contribution in [2.45, 2.75) is 27.2 Å². The van der Waals surface area contributed by atoms with Crippen LogP contribution in [0.25, 0.3) is 12.2 Å². The van der Waals surface area contributed by atoms with Gasteiger partial charge in [-0.25, -0.2) is 0 Å². The summed E-state index contributed by atoms with van der Waals surface area (Å²) in [6, 6.07) is 1.44. The molecule has 0 spiro atoms. The van der Waals surface area contributed by atoms with E-state index in [0.29, 0.717) is 12.0 Å². The van der Waals surface area contributed by atoms with Gasteiger partial charge in [0.2, 0.25) is 0 Å². The molecule has 16 heavy (non-hydrogen) atoms. The van der Waals surface area contributed by atoms with Crippen molar-refractivity contribution in [3.05, 3.63) is 32.3 Å². The van der Waals surface area contributed by atoms with E-state index >= 15 is 0 Å². The molecule has 1 aromatic rings. The van der Waals surface area contributed by atoms with Crippen molar-refractivity contribution in [3.63, 3.8) is 0 Å². The fourth-order valence-electron chi connectivity index (χ4n) is 1.67. The van der Waals surface area contributed by atoms with Crippen LogP contribution in [0.5, 0.6) is 11.5 Å². The minimum atomic E-state index is -0.347. The predicted octanol–water partition coefficient (Wildman–Crippen LogP) is 0.621. The fraction of sp³-hybridized carbons (Fsp3) is 0.308. The lowest BCUT2D eigenvalue weighted by Gasteiger charge is -1.95. The van der Waals surface area contributed by atoms with E-state index in [4.69, 9.17) is 0 Å². The molecule has 0 unspecified atom stereocenters. The van der Waals surface area contributed by atoms with Gasteiger partial charge in [0.15, 0.2) is 5.43 Å². The molecule has 2 N–H and O–H groups in total. The Morgan fingerprint density at radius 1 is 1.19 bits per heavy atom. The third-order valence-corrected chi connectivity index (χ3v) is 2.59. The summed E-state index contributed by atoms with van der Waals surface area (Å²) in [5, 5.41) is 20.1. The van der Waals surface area contributed by atoms with E-state index in [9.17, 15) is 15.0 Å². The molecule has 86 valence electrons. The Labute approximate surface area is 94.0 Å². The minimum Gasteiger partial charge on any atom is -0.507 e. The van der Waals surface area contributed by atoms with Gasteiger partial charge in [-0.1, -0.05) is 19.1 Å². The van der Waals surface area contributed by atoms with Crippen molar-refractivity contribution in [2.24, 2.45) is 0 Å². The molecule has 0 fully saturated rings. The molecule has 0 heterocycles. The molecule has 0 amide bonds. The zero-order valence-corrected chi connectivity index (χ0v) is 9.74. The Morgan fingerprint density at radius 3 is 2.19 bits per heavy atom. The van der Waals surface area contributed by atoms with Crippen LogP contribution >= 0.6 is 0 Å². The lowest BCUT2D eigenvalue weighted by atomic mass is 10.2. The summed E-state index contributed by atoms with van der Waals surface area (Å²) in [5.41, 5.74) is 0.218. The Morgan fingerprint density at radius 2 is 1.75 bits per heavy atom. The number of hydrogen-bond donors (Lipinski definition) is 2. The summed E-state index contributed by atoms with van der Waals surface area (Å²) in [6.07, 6.45) is 3.66. The van der Waals surface area contributed by atoms with E-state index in [1.54, 1.807) is 26.0 Å². The Bertz CT molecular complexity index is 571. The van der Waals surface area contributed by atoms with Crippen LogP contribution in [0.4, 0.5) is 0 Å². The lowest BCUT2D eigenvalue weighted by Crippen LogP contribution is -2.35. The molecule has 0 aliphatic carbocycles. The summed E-state index contributed by atoms with van der Waals surface area (Å²) >= 11 is 0. The van der Waals surface area contributed by atoms with Crippen molar-refractivity contribution >= 4 is 12.2 Å². The van der Waals surface area contributed by atoms with E-state index in [-0.39, 0.29) is 27.4 Å². The smallest absolute Gasteiger partial charge is 0.199 e. The molecule has 0 aromatic heterocycles. The SMILES string of the molecule is C/C=c1/c(O)cc(CC)c(O)/c(=C\C)c1=O. The van der Waals surface area contributed by atoms with E-state index in [1.165, 1.54) is 6.07 Å². The van der Waals surface area contributed by atoms with Gasteiger partial charge in [0.25, 0.3) is 0 Å². The first-order valence-corrected chi connectivity index (χ1v) is 5.27. The molecule has 0 bridgehead atoms. The lowest BCUT2D eigenvalue weighted by molar-refractivity contribution is 0.461. The van der Waals surface area contributed by atoms with Crippen molar-refractivity contribution in [1.82, 2.24) is 0 Å². The number of aromatic hydroxyl groups is 2. The maximum Gasteiger partial charge on any atom is 0.199 e. The molecule has 1 rings (SSSR count). The van der Waals surface area contributed by atoms with Crippen molar-refractivity contribution in [2.75, 3.05) is 0 Å². The zero-order chi connectivity index (χ0) is 12.3. The molecule has 0 radical (unpaired) electrons. The summed E-state index contributed by atoms with van der Waals surface area (Å²) in [5.74, 6) is -0.133. The van der Waals surface area contributed by atoms with Crippen LogP contribution in [0, 0.1) is 0 Å². The van der Waals surface area contributed by atoms with Crippen molar-refractivity contribution < 1.29 is 10.2 Å². The van der Waals surface area contributed by atoms with Gasteiger partial charge < -0.3 is 10.2 Å². The Balaban J connectivity index is 4.10. The third-order valence-electron chi connectivity index (χ3n) is 2.59. The van der Waals surface area contributed by atoms with Gasteiger partial charge in [0.05, 0.1) is 10.4 Å². The van der Waals surface area contributed by atoms with Gasteiger partial charge in [-0.3, -0.25) is 4.79 Å². The molecule has 0 saturated carbocycles. The van der Waals surface area contributed by atoms with Gasteiger partial charge in [0.1, 0.15) is 11.5 Å². The van der Waals surface area contributed by atoms with Gasteiger partial charge in [0, 0.05) is 0 Å². The second kappa shape index (κ2) is 4.84. The van der Waals surface area contributed by atoms with E-state index in [0.717, 1.165) is 0 Å². The topological polar surface area (TPSA) is 57.5 Å². The highest BCUT2D eigenvalue weighted by Crippen LogP contribution is 2.12. The molecular formula is C13H16O3. The van der Waals surface area contributed by atoms with E-state index < -0.39 is 0 Å². The molecule has 0 aliphatic heterocycles. The highest BCUT2D eigenvalue weighted by Gasteiger charge is 2.06. The molecule has 0 atom stereocenters. The molecular weight excluding hydrogens is 204 g/mol. The quantitative estimate of drug-likeness (QED) is 0.729. The maximum atomic E-state index is 12.0. The van der Waals surface area contributed by atoms with Gasteiger partial charge in [-0.2, -0.15) is 0 Å². The summed E-state index contributed by atoms with van der Waals surface area (Å²) in [4.78, 5) is 12.0. The van der Waals surface area contributed by atoms with E-state index in [2.05, 4.69) is 0 Å². The summed E-state index contributed by atoms with van der Waals surface area (Å²) in [6.45, 7) is 5.22. The zero-order valence-electron chi connectivity index (χ0n) is 9.74. The Kier molecular flexibility index (Phi) is 3.72. The second-order valence-electron chi connectivity index (χ2n) is 3.49. The van der Waals surface area contributed by atoms with Crippen LogP contribution in [0.3, 0.4) is 0 Å². The highest BCUT2D eigenvalue weighted by molar-refractivity contribution is 5.44. The van der Waals surface area contributed by atoms with Crippen molar-refractivity contribution in [3.8, 4) is 11.5 Å². The Hall–Kier alpha value is -1.77. The van der Waals surface area contributed by atoms with Crippen LogP contribution in [0.15, 0.2) is 10.9 Å². The van der Waals surface area contributed by atoms with Crippen molar-refractivity contribution in [1.29, 1.82) is 0 Å². The average molecular weight is 220 g/mol. The first-order chi connectivity index (χ1) is 7.56. The first-order valence-electron chi connectivity index (χ1n) is 5.27.